The van der Waals surface area contributed by atoms with Crippen LogP contribution in [0.1, 0.15) is 63.4 Å². The van der Waals surface area contributed by atoms with Gasteiger partial charge in [-0.3, -0.25) is 9.59 Å². The molecule has 0 N–H and O–H groups in total. The van der Waals surface area contributed by atoms with Crippen molar-refractivity contribution in [2.45, 2.75) is 57.8 Å². The molecular weight excluding hydrogens is 329 g/mol. The number of para-hydroxylation sites is 1. The predicted molar refractivity (Wildman–Crippen MR) is 100 cm³/mol. The molecule has 138 valence electrons. The third-order valence-electron chi connectivity index (χ3n) is 6.21. The number of halogens is 1. The highest BCUT2D eigenvalue weighted by Crippen LogP contribution is 2.40. The molecule has 2 saturated carbocycles. The Bertz CT molecular complexity index is 743. The molecule has 1 aromatic rings. The van der Waals surface area contributed by atoms with Gasteiger partial charge in [-0.15, -0.1) is 0 Å². The molecule has 4 rings (SSSR count). The zero-order chi connectivity index (χ0) is 18.1. The van der Waals surface area contributed by atoms with E-state index in [1.54, 1.807) is 17.0 Å². The van der Waals surface area contributed by atoms with Gasteiger partial charge >= 0.3 is 0 Å². The van der Waals surface area contributed by atoms with Crippen LogP contribution in [0.15, 0.2) is 24.3 Å². The van der Waals surface area contributed by atoms with Crippen molar-refractivity contribution in [1.29, 1.82) is 0 Å². The second-order valence-corrected chi connectivity index (χ2v) is 8.08. The van der Waals surface area contributed by atoms with E-state index in [1.165, 1.54) is 37.8 Å². The van der Waals surface area contributed by atoms with E-state index in [4.69, 9.17) is 0 Å². The second-order valence-electron chi connectivity index (χ2n) is 8.08. The summed E-state index contributed by atoms with van der Waals surface area (Å²) >= 11 is 0. The van der Waals surface area contributed by atoms with Crippen LogP contribution in [0.5, 0.6) is 0 Å². The van der Waals surface area contributed by atoms with Crippen molar-refractivity contribution in [2.75, 3.05) is 11.4 Å². The van der Waals surface area contributed by atoms with Crippen LogP contribution in [-0.2, 0) is 9.59 Å². The fourth-order valence-electron chi connectivity index (χ4n) is 4.85. The van der Waals surface area contributed by atoms with E-state index in [9.17, 15) is 14.0 Å². The smallest absolute Gasteiger partial charge is 0.259 e. The predicted octanol–water partition coefficient (Wildman–Crippen LogP) is 4.90. The van der Waals surface area contributed by atoms with E-state index in [2.05, 4.69) is 0 Å². The van der Waals surface area contributed by atoms with Crippen molar-refractivity contribution in [3.63, 3.8) is 0 Å². The summed E-state index contributed by atoms with van der Waals surface area (Å²) in [5.41, 5.74) is 1.32. The molecule has 0 saturated heterocycles. The number of hydrogen-bond acceptors (Lipinski definition) is 2. The third-order valence-corrected chi connectivity index (χ3v) is 6.21. The average molecular weight is 355 g/mol. The van der Waals surface area contributed by atoms with Crippen LogP contribution in [-0.4, -0.2) is 18.2 Å². The molecule has 0 aromatic heterocycles. The highest BCUT2D eigenvalue weighted by Gasteiger charge is 2.36. The Morgan fingerprint density at radius 1 is 1.08 bits per heavy atom. The topological polar surface area (TPSA) is 37.4 Å². The molecule has 3 aliphatic rings. The molecular formula is C22H26FNO2. The maximum Gasteiger partial charge on any atom is 0.259 e. The van der Waals surface area contributed by atoms with E-state index < -0.39 is 0 Å². The normalized spacial score (nSPS) is 22.6. The van der Waals surface area contributed by atoms with Crippen molar-refractivity contribution in [3.05, 3.63) is 35.7 Å². The lowest BCUT2D eigenvalue weighted by molar-refractivity contribution is -0.116. The highest BCUT2D eigenvalue weighted by molar-refractivity contribution is 6.35. The lowest BCUT2D eigenvalue weighted by atomic mass is 9.98. The molecule has 3 nitrogen and oxygen atoms in total. The standard InChI is InChI=1S/C22H26FNO2/c23-20-11-5-10-18-19(13-17(25)12-15-6-1-2-7-15)22(26)24(21(18)20)14-16-8-3-4-9-16/h5,10-11,13,15-16H,1-4,6-9,12,14H2/b19-13+. The van der Waals surface area contributed by atoms with Gasteiger partial charge in [-0.2, -0.15) is 0 Å². The molecule has 0 spiro atoms. The molecule has 0 bridgehead atoms. The van der Waals surface area contributed by atoms with Gasteiger partial charge < -0.3 is 4.90 Å². The van der Waals surface area contributed by atoms with Crippen LogP contribution in [0.25, 0.3) is 5.57 Å². The van der Waals surface area contributed by atoms with Crippen molar-refractivity contribution in [1.82, 2.24) is 0 Å². The Morgan fingerprint density at radius 3 is 2.42 bits per heavy atom. The van der Waals surface area contributed by atoms with Gasteiger partial charge in [0.25, 0.3) is 5.91 Å². The number of rotatable bonds is 5. The summed E-state index contributed by atoms with van der Waals surface area (Å²) in [6.07, 6.45) is 11.1. The molecule has 1 aromatic carbocycles. The summed E-state index contributed by atoms with van der Waals surface area (Å²) in [5, 5.41) is 0. The first kappa shape index (κ1) is 17.4. The highest BCUT2D eigenvalue weighted by atomic mass is 19.1. The molecule has 0 atom stereocenters. The molecule has 1 amide bonds. The van der Waals surface area contributed by atoms with Gasteiger partial charge in [0.1, 0.15) is 5.82 Å². The number of carbonyl (C=O) groups is 2. The van der Waals surface area contributed by atoms with Gasteiger partial charge in [0.15, 0.2) is 5.78 Å². The zero-order valence-electron chi connectivity index (χ0n) is 15.2. The van der Waals surface area contributed by atoms with Gasteiger partial charge in [0.05, 0.1) is 11.3 Å². The lowest BCUT2D eigenvalue weighted by Crippen LogP contribution is -2.31. The van der Waals surface area contributed by atoms with Crippen LogP contribution < -0.4 is 4.90 Å². The minimum absolute atomic E-state index is 0.00169. The van der Waals surface area contributed by atoms with Crippen molar-refractivity contribution >= 4 is 23.0 Å². The van der Waals surface area contributed by atoms with Gasteiger partial charge in [-0.25, -0.2) is 4.39 Å². The number of anilines is 1. The first-order valence-electron chi connectivity index (χ1n) is 9.99. The van der Waals surface area contributed by atoms with E-state index in [1.807, 2.05) is 0 Å². The SMILES string of the molecule is O=C(/C=C1/C(=O)N(CC2CCCC2)c2c(F)cccc21)CC1CCCC1. The van der Waals surface area contributed by atoms with Gasteiger partial charge in [0.2, 0.25) is 0 Å². The second kappa shape index (κ2) is 7.34. The lowest BCUT2D eigenvalue weighted by Gasteiger charge is -2.21. The number of benzene rings is 1. The Kier molecular flexibility index (Phi) is 4.92. The average Bonchev–Trinajstić information content (AvgIpc) is 3.35. The summed E-state index contributed by atoms with van der Waals surface area (Å²) in [6, 6.07) is 4.78. The molecule has 1 heterocycles. The van der Waals surface area contributed by atoms with Crippen molar-refractivity contribution in [3.8, 4) is 0 Å². The molecule has 2 fully saturated rings. The summed E-state index contributed by atoms with van der Waals surface area (Å²) in [6.45, 7) is 0.556. The number of ketones is 1. The van der Waals surface area contributed by atoms with E-state index in [0.29, 0.717) is 41.6 Å². The number of carbonyl (C=O) groups excluding carboxylic acids is 2. The summed E-state index contributed by atoms with van der Waals surface area (Å²) in [7, 11) is 0. The number of nitrogens with zero attached hydrogens (tertiary/aromatic N) is 1. The molecule has 0 radical (unpaired) electrons. The molecule has 26 heavy (non-hydrogen) atoms. The number of fused-ring (bicyclic) bond motifs is 1. The fraction of sp³-hybridized carbons (Fsp3) is 0.545. The Balaban J connectivity index is 1.60. The minimum atomic E-state index is -0.375. The van der Waals surface area contributed by atoms with Gasteiger partial charge in [-0.1, -0.05) is 50.7 Å². The molecule has 4 heteroatoms. The number of amides is 1. The first-order valence-corrected chi connectivity index (χ1v) is 9.99. The van der Waals surface area contributed by atoms with E-state index >= 15 is 0 Å². The van der Waals surface area contributed by atoms with E-state index in [0.717, 1.165) is 25.7 Å². The fourth-order valence-corrected chi connectivity index (χ4v) is 4.85. The molecule has 1 aliphatic heterocycles. The zero-order valence-corrected chi connectivity index (χ0v) is 15.2. The van der Waals surface area contributed by atoms with Crippen LogP contribution in [0, 0.1) is 17.7 Å². The molecule has 0 unspecified atom stereocenters. The maximum absolute atomic E-state index is 14.5. The largest absolute Gasteiger partial charge is 0.305 e. The third kappa shape index (κ3) is 3.34. The Labute approximate surface area is 154 Å². The monoisotopic (exact) mass is 355 g/mol. The van der Waals surface area contributed by atoms with Gasteiger partial charge in [-0.05, 0) is 36.8 Å². The Morgan fingerprint density at radius 2 is 1.73 bits per heavy atom. The van der Waals surface area contributed by atoms with Crippen molar-refractivity contribution < 1.29 is 14.0 Å². The number of allylic oxidation sites excluding steroid dienone is 1. The van der Waals surface area contributed by atoms with Crippen molar-refractivity contribution in [2.24, 2.45) is 11.8 Å². The van der Waals surface area contributed by atoms with Gasteiger partial charge in [0, 0.05) is 18.5 Å². The minimum Gasteiger partial charge on any atom is -0.305 e. The first-order chi connectivity index (χ1) is 12.6. The van der Waals surface area contributed by atoms with E-state index in [-0.39, 0.29) is 17.5 Å². The van der Waals surface area contributed by atoms with Crippen LogP contribution in [0.2, 0.25) is 0 Å². The number of hydrogen-bond donors (Lipinski definition) is 0. The summed E-state index contributed by atoms with van der Waals surface area (Å²) in [5.74, 6) is 0.285. The summed E-state index contributed by atoms with van der Waals surface area (Å²) in [4.78, 5) is 27.1. The quantitative estimate of drug-likeness (QED) is 0.705. The maximum atomic E-state index is 14.5. The van der Waals surface area contributed by atoms with Crippen LogP contribution >= 0.6 is 0 Å². The summed E-state index contributed by atoms with van der Waals surface area (Å²) < 4.78 is 14.5. The Hall–Kier alpha value is -1.97. The van der Waals surface area contributed by atoms with Crippen LogP contribution in [0.3, 0.4) is 0 Å². The van der Waals surface area contributed by atoms with Crippen LogP contribution in [0.4, 0.5) is 10.1 Å². The molecule has 2 aliphatic carbocycles.